The first-order chi connectivity index (χ1) is 10.0. The number of aromatic hydroxyl groups is 1. The third-order valence-electron chi connectivity index (χ3n) is 2.62. The number of carbonyl (C=O) groups excluding carboxylic acids is 1. The average Bonchev–Trinajstić information content (AvgIpc) is 2.79. The molecule has 0 saturated carbocycles. The van der Waals surface area contributed by atoms with Gasteiger partial charge in [-0.25, -0.2) is 5.43 Å². The van der Waals surface area contributed by atoms with Gasteiger partial charge in [0.05, 0.1) is 16.9 Å². The topological polar surface area (TPSA) is 88.7 Å². The van der Waals surface area contributed by atoms with E-state index in [1.807, 2.05) is 22.6 Å². The summed E-state index contributed by atoms with van der Waals surface area (Å²) in [6, 6.07) is 4.99. The van der Waals surface area contributed by atoms with Crippen molar-refractivity contribution >= 4 is 34.7 Å². The minimum atomic E-state index is -0.418. The van der Waals surface area contributed by atoms with E-state index in [9.17, 15) is 9.90 Å². The first-order valence-electron chi connectivity index (χ1n) is 5.91. The molecule has 110 valence electrons. The van der Waals surface area contributed by atoms with E-state index in [-0.39, 0.29) is 5.75 Å². The van der Waals surface area contributed by atoms with Crippen LogP contribution in [0.4, 0.5) is 0 Å². The van der Waals surface area contributed by atoms with Crippen LogP contribution < -0.4 is 10.2 Å². The van der Waals surface area contributed by atoms with Crippen molar-refractivity contribution in [3.8, 4) is 11.5 Å². The minimum absolute atomic E-state index is 0.0367. The SMILES string of the molecule is COc1cccc(C=NNC(=O)c2nn(C)cc2I)c1O. The van der Waals surface area contributed by atoms with Gasteiger partial charge in [-0.05, 0) is 34.7 Å². The van der Waals surface area contributed by atoms with E-state index in [0.29, 0.717) is 17.0 Å². The number of methoxy groups -OCH3 is 1. The Balaban J connectivity index is 2.09. The monoisotopic (exact) mass is 400 g/mol. The molecule has 7 nitrogen and oxygen atoms in total. The highest BCUT2D eigenvalue weighted by atomic mass is 127. The summed E-state index contributed by atoms with van der Waals surface area (Å²) >= 11 is 2.02. The van der Waals surface area contributed by atoms with Gasteiger partial charge in [0, 0.05) is 18.8 Å². The molecule has 0 bridgehead atoms. The van der Waals surface area contributed by atoms with Crippen molar-refractivity contribution in [1.29, 1.82) is 0 Å². The van der Waals surface area contributed by atoms with Gasteiger partial charge in [0.1, 0.15) is 0 Å². The quantitative estimate of drug-likeness (QED) is 0.463. The number of nitrogens with zero attached hydrogens (tertiary/aromatic N) is 3. The van der Waals surface area contributed by atoms with E-state index in [1.54, 1.807) is 36.1 Å². The minimum Gasteiger partial charge on any atom is -0.504 e. The number of aryl methyl sites for hydroxylation is 1. The molecule has 1 amide bonds. The summed E-state index contributed by atoms with van der Waals surface area (Å²) in [5.41, 5.74) is 3.10. The smallest absolute Gasteiger partial charge is 0.292 e. The molecule has 2 aromatic rings. The van der Waals surface area contributed by atoms with Gasteiger partial charge >= 0.3 is 0 Å². The second kappa shape index (κ2) is 6.57. The summed E-state index contributed by atoms with van der Waals surface area (Å²) < 4.78 is 7.27. The van der Waals surface area contributed by atoms with Crippen LogP contribution in [0.3, 0.4) is 0 Å². The third-order valence-corrected chi connectivity index (χ3v) is 3.41. The molecule has 0 aliphatic rings. The van der Waals surface area contributed by atoms with E-state index < -0.39 is 5.91 Å². The number of benzene rings is 1. The van der Waals surface area contributed by atoms with Crippen LogP contribution in [0.5, 0.6) is 11.5 Å². The molecular formula is C13H13IN4O3. The number of halogens is 1. The Morgan fingerprint density at radius 1 is 1.57 bits per heavy atom. The van der Waals surface area contributed by atoms with Crippen LogP contribution in [-0.2, 0) is 7.05 Å². The van der Waals surface area contributed by atoms with E-state index in [2.05, 4.69) is 15.6 Å². The fourth-order valence-corrected chi connectivity index (χ4v) is 2.39. The van der Waals surface area contributed by atoms with Crippen LogP contribution in [-0.4, -0.2) is 34.1 Å². The highest BCUT2D eigenvalue weighted by Crippen LogP contribution is 2.27. The molecule has 0 atom stereocenters. The number of phenolic OH excluding ortho intramolecular Hbond substituents is 1. The lowest BCUT2D eigenvalue weighted by Crippen LogP contribution is -2.19. The van der Waals surface area contributed by atoms with Crippen molar-refractivity contribution in [2.24, 2.45) is 12.1 Å². The van der Waals surface area contributed by atoms with Gasteiger partial charge in [0.2, 0.25) is 0 Å². The summed E-state index contributed by atoms with van der Waals surface area (Å²) in [7, 11) is 3.19. The molecular weight excluding hydrogens is 387 g/mol. The zero-order valence-corrected chi connectivity index (χ0v) is 13.5. The summed E-state index contributed by atoms with van der Waals surface area (Å²) in [4.78, 5) is 11.9. The van der Waals surface area contributed by atoms with Gasteiger partial charge in [-0.1, -0.05) is 6.07 Å². The number of hydrazone groups is 1. The van der Waals surface area contributed by atoms with Gasteiger partial charge in [-0.3, -0.25) is 9.48 Å². The fraction of sp³-hybridized carbons (Fsp3) is 0.154. The Morgan fingerprint density at radius 2 is 2.33 bits per heavy atom. The fourth-order valence-electron chi connectivity index (χ4n) is 1.64. The van der Waals surface area contributed by atoms with Crippen LogP contribution in [0.25, 0.3) is 0 Å². The number of nitrogens with one attached hydrogen (secondary N) is 1. The molecule has 0 radical (unpaired) electrons. The van der Waals surface area contributed by atoms with E-state index >= 15 is 0 Å². The van der Waals surface area contributed by atoms with Crippen LogP contribution >= 0.6 is 22.6 Å². The van der Waals surface area contributed by atoms with E-state index in [1.165, 1.54) is 13.3 Å². The highest BCUT2D eigenvalue weighted by molar-refractivity contribution is 14.1. The first kappa shape index (κ1) is 15.3. The first-order valence-corrected chi connectivity index (χ1v) is 6.99. The lowest BCUT2D eigenvalue weighted by molar-refractivity contribution is 0.0948. The lowest BCUT2D eigenvalue weighted by Gasteiger charge is -2.04. The number of aromatic nitrogens is 2. The van der Waals surface area contributed by atoms with E-state index in [0.717, 1.165) is 3.57 Å². The molecule has 8 heteroatoms. The molecule has 0 unspecified atom stereocenters. The van der Waals surface area contributed by atoms with Crippen molar-refractivity contribution in [2.75, 3.05) is 7.11 Å². The lowest BCUT2D eigenvalue weighted by atomic mass is 10.2. The molecule has 0 aliphatic carbocycles. The predicted molar refractivity (Wildman–Crippen MR) is 85.6 cm³/mol. The summed E-state index contributed by atoms with van der Waals surface area (Å²) in [5, 5.41) is 17.7. The number of carbonyl (C=O) groups is 1. The Bertz CT molecular complexity index is 697. The third kappa shape index (κ3) is 3.51. The Hall–Kier alpha value is -2.10. The molecule has 0 saturated heterocycles. The molecule has 2 N–H and O–H groups in total. The standard InChI is InChI=1S/C13H13IN4O3/c1-18-7-9(14)11(17-18)13(20)16-15-6-8-4-3-5-10(21-2)12(8)19/h3-7,19H,1-2H3,(H,16,20). The normalized spacial score (nSPS) is 10.8. The molecule has 2 rings (SSSR count). The van der Waals surface area contributed by atoms with Gasteiger partial charge in [-0.2, -0.15) is 10.2 Å². The largest absolute Gasteiger partial charge is 0.504 e. The maximum absolute atomic E-state index is 11.9. The second-order valence-electron chi connectivity index (χ2n) is 4.10. The zero-order valence-electron chi connectivity index (χ0n) is 11.4. The second-order valence-corrected chi connectivity index (χ2v) is 5.26. The summed E-state index contributed by atoms with van der Waals surface area (Å²) in [6.07, 6.45) is 3.07. The predicted octanol–water partition coefficient (Wildman–Crippen LogP) is 1.50. The molecule has 0 spiro atoms. The molecule has 1 aromatic heterocycles. The molecule has 0 fully saturated rings. The van der Waals surface area contributed by atoms with Crippen LogP contribution in [0.2, 0.25) is 0 Å². The molecule has 0 aliphatic heterocycles. The Labute approximate surface area is 134 Å². The Kier molecular flexibility index (Phi) is 4.78. The number of para-hydroxylation sites is 1. The number of hydrogen-bond donors (Lipinski definition) is 2. The Morgan fingerprint density at radius 3 is 2.95 bits per heavy atom. The highest BCUT2D eigenvalue weighted by Gasteiger charge is 2.13. The number of rotatable bonds is 4. The molecule has 1 aromatic carbocycles. The van der Waals surface area contributed by atoms with Gasteiger partial charge < -0.3 is 9.84 Å². The van der Waals surface area contributed by atoms with Crippen molar-refractivity contribution in [1.82, 2.24) is 15.2 Å². The summed E-state index contributed by atoms with van der Waals surface area (Å²) in [6.45, 7) is 0. The average molecular weight is 400 g/mol. The van der Waals surface area contributed by atoms with Crippen molar-refractivity contribution < 1.29 is 14.6 Å². The van der Waals surface area contributed by atoms with Gasteiger partial charge in [0.15, 0.2) is 17.2 Å². The zero-order chi connectivity index (χ0) is 15.4. The number of amides is 1. The van der Waals surface area contributed by atoms with Crippen LogP contribution in [0.1, 0.15) is 16.1 Å². The van der Waals surface area contributed by atoms with Gasteiger partial charge in [0.25, 0.3) is 5.91 Å². The van der Waals surface area contributed by atoms with Crippen molar-refractivity contribution in [3.05, 3.63) is 39.2 Å². The number of hydrogen-bond acceptors (Lipinski definition) is 5. The van der Waals surface area contributed by atoms with Crippen molar-refractivity contribution in [3.63, 3.8) is 0 Å². The van der Waals surface area contributed by atoms with Gasteiger partial charge in [-0.15, -0.1) is 0 Å². The molecule has 21 heavy (non-hydrogen) atoms. The van der Waals surface area contributed by atoms with Crippen molar-refractivity contribution in [2.45, 2.75) is 0 Å². The van der Waals surface area contributed by atoms with Crippen LogP contribution in [0.15, 0.2) is 29.5 Å². The number of phenols is 1. The summed E-state index contributed by atoms with van der Waals surface area (Å²) in [5.74, 6) is -0.117. The van der Waals surface area contributed by atoms with E-state index in [4.69, 9.17) is 4.74 Å². The molecule has 1 heterocycles. The number of ether oxygens (including phenoxy) is 1. The van der Waals surface area contributed by atoms with Crippen LogP contribution in [0, 0.1) is 3.57 Å². The maximum atomic E-state index is 11.9. The maximum Gasteiger partial charge on any atom is 0.292 e.